The average molecular weight is 274 g/mol. The van der Waals surface area contributed by atoms with Crippen LogP contribution in [0.3, 0.4) is 0 Å². The Morgan fingerprint density at radius 2 is 1.30 bits per heavy atom. The molecule has 20 heavy (non-hydrogen) atoms. The van der Waals surface area contributed by atoms with E-state index < -0.39 is 0 Å². The lowest BCUT2D eigenvalue weighted by Crippen LogP contribution is -1.95. The molecule has 16 nitrogen and oxygen atoms in total. The van der Waals surface area contributed by atoms with Crippen molar-refractivity contribution in [2.24, 2.45) is 20.4 Å². The van der Waals surface area contributed by atoms with Crippen molar-refractivity contribution in [1.82, 2.24) is 40.6 Å². The van der Waals surface area contributed by atoms with E-state index >= 15 is 0 Å². The van der Waals surface area contributed by atoms with Crippen LogP contribution in [0.4, 0.5) is 11.9 Å². The van der Waals surface area contributed by atoms with Crippen molar-refractivity contribution >= 4 is 24.3 Å². The van der Waals surface area contributed by atoms with Crippen LogP contribution in [-0.2, 0) is 0 Å². The van der Waals surface area contributed by atoms with E-state index in [1.807, 2.05) is 0 Å². The Kier molecular flexibility index (Phi) is 3.86. The largest absolute Gasteiger partial charge is 0.263 e. The maximum atomic E-state index is 8.25. The Bertz CT molecular complexity index is 666. The van der Waals surface area contributed by atoms with Gasteiger partial charge in [-0.3, -0.25) is 0 Å². The molecule has 2 aromatic rings. The highest BCUT2D eigenvalue weighted by Gasteiger charge is 2.00. The topological polar surface area (TPSA) is 209 Å². The zero-order valence-electron chi connectivity index (χ0n) is 9.31. The zero-order valence-corrected chi connectivity index (χ0v) is 9.31. The highest BCUT2D eigenvalue weighted by Crippen LogP contribution is 2.03. The Morgan fingerprint density at radius 3 is 1.70 bits per heavy atom. The lowest BCUT2D eigenvalue weighted by molar-refractivity contribution is 0.692. The van der Waals surface area contributed by atoms with Gasteiger partial charge in [0.2, 0.25) is 0 Å². The summed E-state index contributed by atoms with van der Waals surface area (Å²) in [7, 11) is 0. The minimum absolute atomic E-state index is 0.144. The molecule has 2 aromatic heterocycles. The number of aromatic nitrogens is 8. The summed E-state index contributed by atoms with van der Waals surface area (Å²) in [5, 5.41) is 34.0. The van der Waals surface area contributed by atoms with E-state index in [0.717, 1.165) is 9.58 Å². The maximum Gasteiger partial charge on any atom is 0.263 e. The van der Waals surface area contributed by atoms with Crippen LogP contribution in [0, 0.1) is 0 Å². The van der Waals surface area contributed by atoms with Gasteiger partial charge in [0.1, 0.15) is 0 Å². The Morgan fingerprint density at radius 1 is 0.850 bits per heavy atom. The molecule has 0 saturated carbocycles. The van der Waals surface area contributed by atoms with Gasteiger partial charge in [0, 0.05) is 9.82 Å². The minimum Gasteiger partial charge on any atom is -0.154 e. The van der Waals surface area contributed by atoms with Crippen molar-refractivity contribution in [3.05, 3.63) is 20.9 Å². The van der Waals surface area contributed by atoms with Gasteiger partial charge in [0.15, 0.2) is 0 Å². The predicted molar refractivity (Wildman–Crippen MR) is 61.0 cm³/mol. The first-order valence-electron chi connectivity index (χ1n) is 4.59. The number of rotatable bonds is 5. The van der Waals surface area contributed by atoms with E-state index in [2.05, 4.69) is 61.3 Å². The lowest BCUT2D eigenvalue weighted by atomic mass is 10.8. The minimum atomic E-state index is -0.144. The third kappa shape index (κ3) is 2.86. The third-order valence-corrected chi connectivity index (χ3v) is 1.56. The number of azide groups is 2. The van der Waals surface area contributed by atoms with Crippen LogP contribution in [0.25, 0.3) is 20.9 Å². The molecule has 98 valence electrons. The fourth-order valence-electron chi connectivity index (χ4n) is 0.891. The molecule has 0 spiro atoms. The summed E-state index contributed by atoms with van der Waals surface area (Å²) in [5.74, 6) is -0.288. The van der Waals surface area contributed by atoms with Crippen LogP contribution in [0.15, 0.2) is 20.4 Å². The van der Waals surface area contributed by atoms with Crippen LogP contribution in [0.5, 0.6) is 0 Å². The SMILES string of the molecule is [N-]=[N+]=Nc1nnnn1/N=C/C=N/n1nnnc1N=[N+]=[N-]. The molecular weight excluding hydrogens is 272 g/mol. The van der Waals surface area contributed by atoms with Gasteiger partial charge in [-0.1, -0.05) is 0 Å². The van der Waals surface area contributed by atoms with E-state index in [0.29, 0.717) is 0 Å². The van der Waals surface area contributed by atoms with Crippen molar-refractivity contribution in [3.63, 3.8) is 0 Å². The molecule has 0 unspecified atom stereocenters. The Hall–Kier alpha value is -3.90. The fourth-order valence-corrected chi connectivity index (χ4v) is 0.891. The van der Waals surface area contributed by atoms with E-state index in [1.165, 1.54) is 12.4 Å². The molecular formula is C4H2N16. The van der Waals surface area contributed by atoms with Crippen molar-refractivity contribution in [3.8, 4) is 0 Å². The molecule has 0 fully saturated rings. The summed E-state index contributed by atoms with van der Waals surface area (Å²) in [5.41, 5.74) is 16.5. The van der Waals surface area contributed by atoms with Gasteiger partial charge in [-0.15, -0.1) is 19.8 Å². The fraction of sp³-hybridized carbons (Fsp3) is 0. The number of nitrogens with zero attached hydrogens (tertiary/aromatic N) is 16. The van der Waals surface area contributed by atoms with Gasteiger partial charge in [-0.2, -0.15) is 10.2 Å². The standard InChI is InChI=1S/C4H2N16/c5-13-9-3-11-15-17-19(3)7-1-2-8-20-4(10-14-6)12-16-18-20/h1-2H/b7-1+,8-2+. The highest BCUT2D eigenvalue weighted by atomic mass is 15.7. The van der Waals surface area contributed by atoms with Gasteiger partial charge in [-0.05, 0) is 42.1 Å². The summed E-state index contributed by atoms with van der Waals surface area (Å²) in [6.45, 7) is 0. The molecule has 0 aliphatic rings. The number of hydrogen-bond donors (Lipinski definition) is 0. The third-order valence-electron chi connectivity index (χ3n) is 1.56. The Balaban J connectivity index is 2.11. The van der Waals surface area contributed by atoms with E-state index in [-0.39, 0.29) is 11.9 Å². The van der Waals surface area contributed by atoms with Crippen molar-refractivity contribution in [1.29, 1.82) is 0 Å². The first-order valence-corrected chi connectivity index (χ1v) is 4.59. The summed E-state index contributed by atoms with van der Waals surface area (Å²) >= 11 is 0. The van der Waals surface area contributed by atoms with Gasteiger partial charge < -0.3 is 0 Å². The quantitative estimate of drug-likeness (QED) is 0.314. The van der Waals surface area contributed by atoms with Crippen LogP contribution in [0.1, 0.15) is 0 Å². The summed E-state index contributed by atoms with van der Waals surface area (Å²) in [6.07, 6.45) is 2.35. The second-order valence-corrected chi connectivity index (χ2v) is 2.64. The molecule has 0 aliphatic carbocycles. The number of tetrazole rings is 2. The molecule has 0 aromatic carbocycles. The molecule has 0 radical (unpaired) electrons. The lowest BCUT2D eigenvalue weighted by Gasteiger charge is -1.89. The maximum absolute atomic E-state index is 8.25. The Labute approximate surface area is 107 Å². The van der Waals surface area contributed by atoms with E-state index in [4.69, 9.17) is 11.1 Å². The van der Waals surface area contributed by atoms with Crippen LogP contribution in [0.2, 0.25) is 0 Å². The predicted octanol–water partition coefficient (Wildman–Crippen LogP) is -0.0888. The average Bonchev–Trinajstić information content (AvgIpc) is 3.06. The molecule has 0 N–H and O–H groups in total. The first kappa shape index (κ1) is 12.6. The van der Waals surface area contributed by atoms with Gasteiger partial charge in [-0.25, -0.2) is 0 Å². The van der Waals surface area contributed by atoms with Crippen LogP contribution < -0.4 is 0 Å². The van der Waals surface area contributed by atoms with Gasteiger partial charge in [0.05, 0.1) is 12.4 Å². The molecule has 0 aliphatic heterocycles. The highest BCUT2D eigenvalue weighted by molar-refractivity contribution is 6.15. The molecule has 0 amide bonds. The molecule has 0 saturated heterocycles. The summed E-state index contributed by atoms with van der Waals surface area (Å²) < 4.78 is 0. The second-order valence-electron chi connectivity index (χ2n) is 2.64. The molecule has 0 bridgehead atoms. The smallest absolute Gasteiger partial charge is 0.154 e. The first-order chi connectivity index (χ1) is 9.85. The zero-order chi connectivity index (χ0) is 14.2. The summed E-state index contributed by atoms with van der Waals surface area (Å²) in [4.78, 5) is 6.78. The van der Waals surface area contributed by atoms with E-state index in [9.17, 15) is 0 Å². The van der Waals surface area contributed by atoms with Crippen molar-refractivity contribution in [2.45, 2.75) is 0 Å². The molecule has 2 rings (SSSR count). The van der Waals surface area contributed by atoms with Gasteiger partial charge >= 0.3 is 0 Å². The molecule has 16 heteroatoms. The van der Waals surface area contributed by atoms with Gasteiger partial charge in [0.25, 0.3) is 11.9 Å². The number of hydrogen-bond acceptors (Lipinski definition) is 10. The van der Waals surface area contributed by atoms with E-state index in [1.54, 1.807) is 0 Å². The molecule has 0 atom stereocenters. The second kappa shape index (κ2) is 6.15. The van der Waals surface area contributed by atoms with Crippen LogP contribution in [-0.4, -0.2) is 53.1 Å². The molecule has 2 heterocycles. The monoisotopic (exact) mass is 274 g/mol. The van der Waals surface area contributed by atoms with Crippen molar-refractivity contribution < 1.29 is 0 Å². The van der Waals surface area contributed by atoms with Crippen LogP contribution >= 0.6 is 0 Å². The summed E-state index contributed by atoms with van der Waals surface area (Å²) in [6, 6.07) is 0. The van der Waals surface area contributed by atoms with Crippen molar-refractivity contribution in [2.75, 3.05) is 0 Å². The normalized spacial score (nSPS) is 10.6.